The van der Waals surface area contributed by atoms with Crippen molar-refractivity contribution in [3.63, 3.8) is 0 Å². The summed E-state index contributed by atoms with van der Waals surface area (Å²) < 4.78 is 70.2. The van der Waals surface area contributed by atoms with Gasteiger partial charge in [-0.15, -0.1) is 0 Å². The fourth-order valence-electron chi connectivity index (χ4n) is 2.95. The van der Waals surface area contributed by atoms with Crippen LogP contribution in [0.4, 0.5) is 41.3 Å². The highest BCUT2D eigenvalue weighted by Gasteiger charge is 2.65. The van der Waals surface area contributed by atoms with E-state index >= 15 is 0 Å². The lowest BCUT2D eigenvalue weighted by molar-refractivity contribution is -0.383. The number of hydrogen-bond donors (Lipinski definition) is 1. The number of carbonyl (C=O) groups is 1. The Labute approximate surface area is 190 Å². The van der Waals surface area contributed by atoms with E-state index in [0.29, 0.717) is 5.56 Å². The third kappa shape index (κ3) is 6.13. The van der Waals surface area contributed by atoms with Gasteiger partial charge in [-0.25, -0.2) is 4.79 Å². The molecule has 0 aliphatic heterocycles. The van der Waals surface area contributed by atoms with E-state index < -0.39 is 38.4 Å². The Bertz CT molecular complexity index is 1220. The molecule has 0 heterocycles. The van der Waals surface area contributed by atoms with Crippen LogP contribution in [0.1, 0.15) is 11.1 Å². The summed E-state index contributed by atoms with van der Waals surface area (Å²) in [5, 5.41) is 11.2. The number of halogens is 5. The number of nitrogen functional groups attached to an aromatic ring is 1. The summed E-state index contributed by atoms with van der Waals surface area (Å²) in [6.45, 7) is -0.578. The normalized spacial score (nSPS) is 13.4. The van der Waals surface area contributed by atoms with Crippen LogP contribution in [-0.4, -0.2) is 11.0 Å². The van der Waals surface area contributed by atoms with E-state index in [1.54, 1.807) is 30.3 Å². The zero-order valence-electron chi connectivity index (χ0n) is 17.2. The highest BCUT2D eigenvalue weighted by molar-refractivity contribution is 8.45. The molecule has 34 heavy (non-hydrogen) atoms. The van der Waals surface area contributed by atoms with E-state index in [1.165, 1.54) is 12.1 Å². The summed E-state index contributed by atoms with van der Waals surface area (Å²) in [4.78, 5) is 22.1. The number of carbonyl (C=O) groups excluding carboxylic acids is 1. The van der Waals surface area contributed by atoms with Gasteiger partial charge in [-0.05, 0) is 35.4 Å². The second-order valence-electron chi connectivity index (χ2n) is 7.24. The number of nitro groups is 1. The van der Waals surface area contributed by atoms with Crippen LogP contribution >= 0.6 is 10.2 Å². The summed E-state index contributed by atoms with van der Waals surface area (Å²) in [7, 11) is -9.87. The molecule has 0 radical (unpaired) electrons. The van der Waals surface area contributed by atoms with Gasteiger partial charge in [-0.2, -0.15) is 0 Å². The molecule has 0 aliphatic carbocycles. The molecule has 2 N–H and O–H groups in total. The topological polar surface area (TPSA) is 98.7 Å². The SMILES string of the molecule is Nc1ccc(N(Cc2ccc(S(F)(F)(F)(F)F)cc2)C(=O)OCc2ccccc2)cc1[N+](=O)[O-]. The van der Waals surface area contributed by atoms with Gasteiger partial charge in [0.25, 0.3) is 5.69 Å². The number of hydrogen-bond acceptors (Lipinski definition) is 5. The van der Waals surface area contributed by atoms with Crippen LogP contribution in [0.15, 0.2) is 77.7 Å². The molecule has 0 spiro atoms. The quantitative estimate of drug-likeness (QED) is 0.159. The molecule has 0 unspecified atom stereocenters. The minimum absolute atomic E-state index is 0.0317. The molecule has 1 amide bonds. The molecule has 3 aromatic carbocycles. The van der Waals surface area contributed by atoms with Crippen LogP contribution in [-0.2, 0) is 17.9 Å². The van der Waals surface area contributed by atoms with E-state index in [1.807, 2.05) is 0 Å². The average molecular weight is 503 g/mol. The molecular weight excluding hydrogens is 485 g/mol. The Morgan fingerprint density at radius 2 is 1.56 bits per heavy atom. The molecule has 7 nitrogen and oxygen atoms in total. The second kappa shape index (κ2) is 8.17. The van der Waals surface area contributed by atoms with Crippen molar-refractivity contribution in [1.29, 1.82) is 0 Å². The maximum atomic E-state index is 13.0. The Balaban J connectivity index is 1.93. The second-order valence-corrected chi connectivity index (χ2v) is 9.65. The molecule has 0 bridgehead atoms. The van der Waals surface area contributed by atoms with Crippen LogP contribution in [0.5, 0.6) is 0 Å². The minimum atomic E-state index is -9.87. The Morgan fingerprint density at radius 3 is 2.12 bits per heavy atom. The van der Waals surface area contributed by atoms with Crippen molar-refractivity contribution in [3.8, 4) is 0 Å². The Morgan fingerprint density at radius 1 is 0.941 bits per heavy atom. The van der Waals surface area contributed by atoms with Crippen molar-refractivity contribution in [1.82, 2.24) is 0 Å². The van der Waals surface area contributed by atoms with Gasteiger partial charge >= 0.3 is 16.3 Å². The smallest absolute Gasteiger partial charge is 0.414 e. The van der Waals surface area contributed by atoms with Gasteiger partial charge in [0.2, 0.25) is 0 Å². The highest BCUT2D eigenvalue weighted by atomic mass is 32.5. The van der Waals surface area contributed by atoms with Gasteiger partial charge in [-0.1, -0.05) is 61.9 Å². The number of amides is 1. The van der Waals surface area contributed by atoms with Crippen LogP contribution < -0.4 is 10.6 Å². The van der Waals surface area contributed by atoms with Gasteiger partial charge in [-0.3, -0.25) is 15.0 Å². The number of nitrogens with zero attached hydrogens (tertiary/aromatic N) is 2. The first-order valence-corrected chi connectivity index (χ1v) is 11.4. The number of rotatable bonds is 7. The molecule has 3 rings (SSSR count). The molecule has 0 aliphatic rings. The Hall–Kier alpha value is -3.87. The molecular formula is C21H18F5N3O4S. The van der Waals surface area contributed by atoms with Crippen LogP contribution in [0, 0.1) is 10.1 Å². The summed E-state index contributed by atoms with van der Waals surface area (Å²) in [6.07, 6.45) is -0.972. The maximum Gasteiger partial charge on any atom is 0.414 e. The van der Waals surface area contributed by atoms with Crippen LogP contribution in [0.3, 0.4) is 0 Å². The fourth-order valence-corrected chi connectivity index (χ4v) is 3.60. The van der Waals surface area contributed by atoms with Crippen molar-refractivity contribution in [2.24, 2.45) is 0 Å². The highest BCUT2D eigenvalue weighted by Crippen LogP contribution is 3.02. The number of nitrogens with two attached hydrogens (primary N) is 1. The standard InChI is InChI=1S/C21H18F5N3O4S/c22-34(23,24,25,26)18-9-6-15(7-10-18)13-28(17-8-11-19(27)20(12-17)29(31)32)21(30)33-14-16-4-2-1-3-5-16/h1-12H,13-14,27H2. The van der Waals surface area contributed by atoms with E-state index in [2.05, 4.69) is 0 Å². The summed E-state index contributed by atoms with van der Waals surface area (Å²) >= 11 is 0. The van der Waals surface area contributed by atoms with Gasteiger partial charge in [0.05, 0.1) is 17.2 Å². The van der Waals surface area contributed by atoms with E-state index in [-0.39, 0.29) is 35.7 Å². The molecule has 0 fully saturated rings. The first-order valence-electron chi connectivity index (χ1n) is 9.49. The Kier molecular flexibility index (Phi) is 5.95. The number of anilines is 2. The zero-order chi connectivity index (χ0) is 25.2. The average Bonchev–Trinajstić information content (AvgIpc) is 2.75. The largest absolute Gasteiger partial charge is 0.444 e. The molecule has 0 saturated heterocycles. The van der Waals surface area contributed by atoms with Crippen molar-refractivity contribution in [2.75, 3.05) is 10.6 Å². The third-order valence-electron chi connectivity index (χ3n) is 4.66. The molecule has 3 aromatic rings. The molecule has 0 saturated carbocycles. The lowest BCUT2D eigenvalue weighted by atomic mass is 10.2. The summed E-state index contributed by atoms with van der Waals surface area (Å²) in [5.74, 6) is 0. The molecule has 13 heteroatoms. The van der Waals surface area contributed by atoms with E-state index in [4.69, 9.17) is 10.5 Å². The molecule has 0 atom stereocenters. The summed E-state index contributed by atoms with van der Waals surface area (Å²) in [5.41, 5.74) is 5.56. The minimum Gasteiger partial charge on any atom is -0.444 e. The van der Waals surface area contributed by atoms with Crippen molar-refractivity contribution in [2.45, 2.75) is 18.0 Å². The van der Waals surface area contributed by atoms with Crippen molar-refractivity contribution >= 4 is 33.4 Å². The van der Waals surface area contributed by atoms with Crippen molar-refractivity contribution in [3.05, 3.63) is 94.0 Å². The predicted octanol–water partition coefficient (Wildman–Crippen LogP) is 7.18. The van der Waals surface area contributed by atoms with E-state index in [0.717, 1.165) is 23.1 Å². The lowest BCUT2D eigenvalue weighted by Gasteiger charge is -2.40. The first-order chi connectivity index (χ1) is 15.6. The number of benzene rings is 3. The van der Waals surface area contributed by atoms with Gasteiger partial charge in [0.15, 0.2) is 0 Å². The predicted molar refractivity (Wildman–Crippen MR) is 118 cm³/mol. The van der Waals surface area contributed by atoms with Gasteiger partial charge in [0.1, 0.15) is 17.2 Å². The van der Waals surface area contributed by atoms with Crippen molar-refractivity contribution < 1.29 is 33.9 Å². The fraction of sp³-hybridized carbons (Fsp3) is 0.0952. The maximum absolute atomic E-state index is 13.0. The van der Waals surface area contributed by atoms with E-state index in [9.17, 15) is 34.3 Å². The monoisotopic (exact) mass is 503 g/mol. The first kappa shape index (κ1) is 24.8. The van der Waals surface area contributed by atoms with Crippen LogP contribution in [0.25, 0.3) is 0 Å². The zero-order valence-corrected chi connectivity index (χ0v) is 18.1. The summed E-state index contributed by atoms with van der Waals surface area (Å²) in [6, 6.07) is 14.0. The third-order valence-corrected chi connectivity index (χ3v) is 5.82. The number of nitro benzene ring substituents is 1. The number of ether oxygens (including phenoxy) is 1. The van der Waals surface area contributed by atoms with Crippen LogP contribution in [0.2, 0.25) is 0 Å². The molecule has 182 valence electrons. The van der Waals surface area contributed by atoms with Gasteiger partial charge in [0, 0.05) is 6.07 Å². The molecule has 0 aromatic heterocycles. The van der Waals surface area contributed by atoms with Gasteiger partial charge < -0.3 is 10.5 Å². The lowest BCUT2D eigenvalue weighted by Crippen LogP contribution is -2.31.